The van der Waals surface area contributed by atoms with E-state index in [4.69, 9.17) is 15.3 Å². The Kier molecular flexibility index (Phi) is 3.09. The van der Waals surface area contributed by atoms with Gasteiger partial charge in [-0.2, -0.15) is 0 Å². The van der Waals surface area contributed by atoms with E-state index in [-0.39, 0.29) is 12.1 Å². The molecule has 1 fully saturated rings. The average molecular weight is 210 g/mol. The highest BCUT2D eigenvalue weighted by Crippen LogP contribution is 2.20. The number of furan rings is 1. The first kappa shape index (κ1) is 10.7. The van der Waals surface area contributed by atoms with Crippen molar-refractivity contribution in [3.8, 4) is 0 Å². The maximum absolute atomic E-state index is 9.13. The predicted octanol–water partition coefficient (Wildman–Crippen LogP) is 0.565. The van der Waals surface area contributed by atoms with Crippen molar-refractivity contribution >= 4 is 0 Å². The fourth-order valence-electron chi connectivity index (χ4n) is 1.94. The third-order valence-electron chi connectivity index (χ3n) is 3.13. The highest BCUT2D eigenvalue weighted by atomic mass is 16.3. The van der Waals surface area contributed by atoms with E-state index in [0.29, 0.717) is 0 Å². The average Bonchev–Trinajstić information content (AvgIpc) is 2.75. The first-order valence-electron chi connectivity index (χ1n) is 5.36. The van der Waals surface area contributed by atoms with E-state index in [2.05, 4.69) is 4.90 Å². The van der Waals surface area contributed by atoms with Gasteiger partial charge in [0.15, 0.2) is 0 Å². The van der Waals surface area contributed by atoms with Gasteiger partial charge in [-0.05, 0) is 25.0 Å². The molecule has 0 amide bonds. The van der Waals surface area contributed by atoms with E-state index >= 15 is 0 Å². The first-order chi connectivity index (χ1) is 7.22. The highest BCUT2D eigenvalue weighted by Gasteiger charge is 2.29. The molecule has 0 saturated carbocycles. The van der Waals surface area contributed by atoms with Crippen molar-refractivity contribution in [1.29, 1.82) is 0 Å². The van der Waals surface area contributed by atoms with Gasteiger partial charge in [-0.3, -0.25) is 4.90 Å². The Balaban J connectivity index is 1.84. The van der Waals surface area contributed by atoms with Crippen molar-refractivity contribution in [2.24, 2.45) is 5.73 Å². The minimum absolute atomic E-state index is 0.0849. The van der Waals surface area contributed by atoms with Gasteiger partial charge < -0.3 is 15.3 Å². The summed E-state index contributed by atoms with van der Waals surface area (Å²) in [7, 11) is 0. The molecule has 1 aromatic rings. The van der Waals surface area contributed by atoms with Gasteiger partial charge >= 0.3 is 0 Å². The number of hydrogen-bond donors (Lipinski definition) is 2. The Hall–Kier alpha value is -0.840. The van der Waals surface area contributed by atoms with Crippen LogP contribution < -0.4 is 5.73 Å². The number of nitrogens with two attached hydrogens (primary N) is 1. The lowest BCUT2D eigenvalue weighted by Gasteiger charge is -2.37. The van der Waals surface area contributed by atoms with Crippen molar-refractivity contribution in [3.05, 3.63) is 24.2 Å². The van der Waals surface area contributed by atoms with Gasteiger partial charge in [-0.1, -0.05) is 0 Å². The van der Waals surface area contributed by atoms with Gasteiger partial charge in [-0.15, -0.1) is 0 Å². The maximum Gasteiger partial charge on any atom is 0.117 e. The van der Waals surface area contributed by atoms with Crippen molar-refractivity contribution < 1.29 is 9.52 Å². The van der Waals surface area contributed by atoms with Crippen LogP contribution in [-0.2, 0) is 6.54 Å². The topological polar surface area (TPSA) is 62.6 Å². The molecule has 1 aliphatic rings. The van der Waals surface area contributed by atoms with E-state index in [0.717, 1.165) is 38.2 Å². The SMILES string of the molecule is NC1(CO)CCN(Cc2ccco2)CC1. The van der Waals surface area contributed by atoms with Crippen LogP contribution in [0.3, 0.4) is 0 Å². The Morgan fingerprint density at radius 3 is 2.73 bits per heavy atom. The number of likely N-dealkylation sites (tertiary alicyclic amines) is 1. The van der Waals surface area contributed by atoms with Crippen molar-refractivity contribution in [1.82, 2.24) is 4.90 Å². The molecule has 3 N–H and O–H groups in total. The van der Waals surface area contributed by atoms with Gasteiger partial charge in [0.25, 0.3) is 0 Å². The molecule has 15 heavy (non-hydrogen) atoms. The Bertz CT molecular complexity index is 290. The second kappa shape index (κ2) is 4.35. The van der Waals surface area contributed by atoms with E-state index in [1.165, 1.54) is 0 Å². The fraction of sp³-hybridized carbons (Fsp3) is 0.636. The molecule has 2 rings (SSSR count). The highest BCUT2D eigenvalue weighted by molar-refractivity contribution is 4.99. The maximum atomic E-state index is 9.13. The van der Waals surface area contributed by atoms with Gasteiger partial charge in [-0.25, -0.2) is 0 Å². The molecule has 0 spiro atoms. The van der Waals surface area contributed by atoms with Gasteiger partial charge in [0, 0.05) is 18.6 Å². The van der Waals surface area contributed by atoms with Crippen LogP contribution in [0.1, 0.15) is 18.6 Å². The molecule has 4 heteroatoms. The van der Waals surface area contributed by atoms with E-state index < -0.39 is 0 Å². The minimum atomic E-state index is -0.361. The summed E-state index contributed by atoms with van der Waals surface area (Å²) in [5.41, 5.74) is 5.63. The van der Waals surface area contributed by atoms with Gasteiger partial charge in [0.1, 0.15) is 5.76 Å². The number of aliphatic hydroxyl groups is 1. The van der Waals surface area contributed by atoms with Crippen LogP contribution in [-0.4, -0.2) is 35.2 Å². The smallest absolute Gasteiger partial charge is 0.117 e. The number of aliphatic hydroxyl groups excluding tert-OH is 1. The van der Waals surface area contributed by atoms with Crippen molar-refractivity contribution in [2.45, 2.75) is 24.9 Å². The Labute approximate surface area is 89.7 Å². The summed E-state index contributed by atoms with van der Waals surface area (Å²) in [5, 5.41) is 9.13. The first-order valence-corrected chi connectivity index (χ1v) is 5.36. The van der Waals surface area contributed by atoms with Crippen molar-refractivity contribution in [2.75, 3.05) is 19.7 Å². The summed E-state index contributed by atoms with van der Waals surface area (Å²) >= 11 is 0. The molecule has 4 nitrogen and oxygen atoms in total. The molecule has 84 valence electrons. The third kappa shape index (κ3) is 2.59. The molecule has 0 radical (unpaired) electrons. The summed E-state index contributed by atoms with van der Waals surface area (Å²) in [6.07, 6.45) is 3.40. The lowest BCUT2D eigenvalue weighted by Crippen LogP contribution is -2.52. The molecule has 0 aliphatic carbocycles. The lowest BCUT2D eigenvalue weighted by molar-refractivity contribution is 0.0983. The molecule has 1 saturated heterocycles. The molecule has 1 aromatic heterocycles. The zero-order valence-corrected chi connectivity index (χ0v) is 8.85. The second-order valence-corrected chi connectivity index (χ2v) is 4.38. The molecular formula is C11H18N2O2. The molecular weight excluding hydrogens is 192 g/mol. The van der Waals surface area contributed by atoms with E-state index in [1.807, 2.05) is 12.1 Å². The van der Waals surface area contributed by atoms with Crippen LogP contribution in [0.5, 0.6) is 0 Å². The van der Waals surface area contributed by atoms with Crippen LogP contribution in [0.25, 0.3) is 0 Å². The third-order valence-corrected chi connectivity index (χ3v) is 3.13. The summed E-state index contributed by atoms with van der Waals surface area (Å²) in [4.78, 5) is 2.31. The molecule has 0 bridgehead atoms. The zero-order valence-electron chi connectivity index (χ0n) is 8.85. The normalized spacial score (nSPS) is 21.7. The second-order valence-electron chi connectivity index (χ2n) is 4.38. The summed E-state index contributed by atoms with van der Waals surface area (Å²) < 4.78 is 5.29. The molecule has 0 unspecified atom stereocenters. The van der Waals surface area contributed by atoms with Crippen LogP contribution in [0.2, 0.25) is 0 Å². The number of hydrogen-bond acceptors (Lipinski definition) is 4. The van der Waals surface area contributed by atoms with Crippen molar-refractivity contribution in [3.63, 3.8) is 0 Å². The largest absolute Gasteiger partial charge is 0.468 e. The predicted molar refractivity (Wildman–Crippen MR) is 57.2 cm³/mol. The summed E-state index contributed by atoms with van der Waals surface area (Å²) in [5.74, 6) is 0.989. The fourth-order valence-corrected chi connectivity index (χ4v) is 1.94. The summed E-state index contributed by atoms with van der Waals surface area (Å²) in [6, 6.07) is 3.89. The molecule has 0 atom stereocenters. The molecule has 2 heterocycles. The number of rotatable bonds is 3. The molecule has 0 aromatic carbocycles. The van der Waals surface area contributed by atoms with Crippen LogP contribution in [0, 0.1) is 0 Å². The summed E-state index contributed by atoms with van der Waals surface area (Å²) in [6.45, 7) is 2.78. The Morgan fingerprint density at radius 1 is 1.47 bits per heavy atom. The minimum Gasteiger partial charge on any atom is -0.468 e. The van der Waals surface area contributed by atoms with Gasteiger partial charge in [0.2, 0.25) is 0 Å². The Morgan fingerprint density at radius 2 is 2.20 bits per heavy atom. The van der Waals surface area contributed by atoms with E-state index in [1.54, 1.807) is 6.26 Å². The van der Waals surface area contributed by atoms with E-state index in [9.17, 15) is 0 Å². The lowest BCUT2D eigenvalue weighted by atomic mass is 9.89. The molecule has 1 aliphatic heterocycles. The number of piperidine rings is 1. The van der Waals surface area contributed by atoms with Gasteiger partial charge in [0.05, 0.1) is 19.4 Å². The monoisotopic (exact) mass is 210 g/mol. The standard InChI is InChI=1S/C11H18N2O2/c12-11(9-14)3-5-13(6-4-11)8-10-2-1-7-15-10/h1-2,7,14H,3-6,8-9,12H2. The van der Waals surface area contributed by atoms with Crippen LogP contribution >= 0.6 is 0 Å². The zero-order chi connectivity index (χ0) is 10.7. The number of nitrogens with zero attached hydrogens (tertiary/aromatic N) is 1. The quantitative estimate of drug-likeness (QED) is 0.765. The van der Waals surface area contributed by atoms with Crippen LogP contribution in [0.4, 0.5) is 0 Å². The van der Waals surface area contributed by atoms with Crippen LogP contribution in [0.15, 0.2) is 22.8 Å².